The van der Waals surface area contributed by atoms with E-state index in [-0.39, 0.29) is 5.78 Å². The molecule has 0 aliphatic rings. The largest absolute Gasteiger partial charge is 0.480 e. The average molecular weight is 277 g/mol. The Morgan fingerprint density at radius 2 is 1.86 bits per heavy atom. The molecule has 0 radical (unpaired) electrons. The van der Waals surface area contributed by atoms with E-state index in [9.17, 15) is 4.79 Å². The molecule has 1 aromatic heterocycles. The van der Waals surface area contributed by atoms with Gasteiger partial charge in [0.05, 0.1) is 12.7 Å². The number of methoxy groups -OCH3 is 1. The standard InChI is InChI=1S/C18H15NO2/c1-21-18-16(10-5-11-19-18)17(20)12-14-8-4-7-13-6-2-3-9-15(13)14/h2-11H,12H2,1H3. The Morgan fingerprint density at radius 3 is 2.71 bits per heavy atom. The van der Waals surface area contributed by atoms with Gasteiger partial charge in [-0.25, -0.2) is 4.98 Å². The van der Waals surface area contributed by atoms with Crippen molar-refractivity contribution in [2.45, 2.75) is 6.42 Å². The minimum absolute atomic E-state index is 0.0105. The molecule has 0 aliphatic carbocycles. The molecule has 0 saturated carbocycles. The zero-order chi connectivity index (χ0) is 14.7. The molecular weight excluding hydrogens is 262 g/mol. The molecule has 3 rings (SSSR count). The van der Waals surface area contributed by atoms with Crippen molar-refractivity contribution in [1.82, 2.24) is 4.98 Å². The van der Waals surface area contributed by atoms with E-state index in [0.29, 0.717) is 17.9 Å². The third kappa shape index (κ3) is 2.63. The van der Waals surface area contributed by atoms with E-state index in [0.717, 1.165) is 16.3 Å². The molecule has 3 aromatic rings. The van der Waals surface area contributed by atoms with Crippen molar-refractivity contribution in [3.05, 3.63) is 71.9 Å². The van der Waals surface area contributed by atoms with E-state index < -0.39 is 0 Å². The van der Waals surface area contributed by atoms with Crippen LogP contribution < -0.4 is 4.74 Å². The number of aromatic nitrogens is 1. The summed E-state index contributed by atoms with van der Waals surface area (Å²) in [6.45, 7) is 0. The van der Waals surface area contributed by atoms with Crippen LogP contribution in [0.4, 0.5) is 0 Å². The summed E-state index contributed by atoms with van der Waals surface area (Å²) in [7, 11) is 1.52. The average Bonchev–Trinajstić information content (AvgIpc) is 2.55. The lowest BCUT2D eigenvalue weighted by Gasteiger charge is -2.08. The molecule has 0 spiro atoms. The topological polar surface area (TPSA) is 39.2 Å². The highest BCUT2D eigenvalue weighted by atomic mass is 16.5. The van der Waals surface area contributed by atoms with Crippen LogP contribution in [0.15, 0.2) is 60.8 Å². The highest BCUT2D eigenvalue weighted by Gasteiger charge is 2.14. The number of Topliss-reactive ketones (excluding diaryl/α,β-unsaturated/α-hetero) is 1. The molecule has 0 aliphatic heterocycles. The maximum Gasteiger partial charge on any atom is 0.224 e. The summed E-state index contributed by atoms with van der Waals surface area (Å²) in [6, 6.07) is 17.6. The van der Waals surface area contributed by atoms with E-state index in [1.807, 2.05) is 42.5 Å². The Morgan fingerprint density at radius 1 is 1.05 bits per heavy atom. The lowest BCUT2D eigenvalue weighted by Crippen LogP contribution is -2.07. The van der Waals surface area contributed by atoms with E-state index in [2.05, 4.69) is 4.98 Å². The van der Waals surface area contributed by atoms with Crippen molar-refractivity contribution in [2.24, 2.45) is 0 Å². The SMILES string of the molecule is COc1ncccc1C(=O)Cc1cccc2ccccc12. The highest BCUT2D eigenvalue weighted by molar-refractivity contribution is 6.01. The molecule has 104 valence electrons. The van der Waals surface area contributed by atoms with Crippen molar-refractivity contribution >= 4 is 16.6 Å². The number of ether oxygens (including phenoxy) is 1. The Labute approximate surface area is 123 Å². The van der Waals surface area contributed by atoms with Crippen LogP contribution in [0.3, 0.4) is 0 Å². The van der Waals surface area contributed by atoms with Crippen molar-refractivity contribution < 1.29 is 9.53 Å². The minimum Gasteiger partial charge on any atom is -0.480 e. The molecule has 0 N–H and O–H groups in total. The second kappa shape index (κ2) is 5.75. The molecule has 3 heteroatoms. The Bertz CT molecular complexity index is 791. The second-order valence-corrected chi connectivity index (χ2v) is 4.80. The third-order valence-electron chi connectivity index (χ3n) is 3.50. The summed E-state index contributed by atoms with van der Waals surface area (Å²) in [5.74, 6) is 0.388. The maximum absolute atomic E-state index is 12.5. The van der Waals surface area contributed by atoms with Crippen LogP contribution in [0, 0.1) is 0 Å². The van der Waals surface area contributed by atoms with Crippen LogP contribution in [0.1, 0.15) is 15.9 Å². The quantitative estimate of drug-likeness (QED) is 0.683. The van der Waals surface area contributed by atoms with Crippen molar-refractivity contribution in [3.8, 4) is 5.88 Å². The van der Waals surface area contributed by atoms with Crippen LogP contribution in [0.5, 0.6) is 5.88 Å². The first kappa shape index (κ1) is 13.3. The van der Waals surface area contributed by atoms with E-state index >= 15 is 0 Å². The molecule has 0 bridgehead atoms. The summed E-state index contributed by atoms with van der Waals surface area (Å²) in [5, 5.41) is 2.25. The van der Waals surface area contributed by atoms with Gasteiger partial charge >= 0.3 is 0 Å². The molecule has 2 aromatic carbocycles. The van der Waals surface area contributed by atoms with Gasteiger partial charge in [-0.05, 0) is 28.5 Å². The summed E-state index contributed by atoms with van der Waals surface area (Å²) in [6.07, 6.45) is 1.96. The van der Waals surface area contributed by atoms with Crippen molar-refractivity contribution in [2.75, 3.05) is 7.11 Å². The number of benzene rings is 2. The van der Waals surface area contributed by atoms with Crippen molar-refractivity contribution in [3.63, 3.8) is 0 Å². The van der Waals surface area contributed by atoms with Gasteiger partial charge in [-0.3, -0.25) is 4.79 Å². The van der Waals surface area contributed by atoms with Gasteiger partial charge in [0.1, 0.15) is 0 Å². The summed E-state index contributed by atoms with van der Waals surface area (Å²) in [4.78, 5) is 16.6. The zero-order valence-electron chi connectivity index (χ0n) is 11.7. The number of rotatable bonds is 4. The van der Waals surface area contributed by atoms with Gasteiger partial charge in [0.2, 0.25) is 5.88 Å². The lowest BCUT2D eigenvalue weighted by atomic mass is 9.98. The predicted octanol–water partition coefficient (Wildman–Crippen LogP) is 3.67. The molecular formula is C18H15NO2. The highest BCUT2D eigenvalue weighted by Crippen LogP contribution is 2.22. The number of nitrogens with zero attached hydrogens (tertiary/aromatic N) is 1. The Hall–Kier alpha value is -2.68. The van der Waals surface area contributed by atoms with Crippen LogP contribution in [0.2, 0.25) is 0 Å². The first-order chi connectivity index (χ1) is 10.3. The number of carbonyl (C=O) groups excluding carboxylic acids is 1. The summed E-state index contributed by atoms with van der Waals surface area (Å²) in [5.41, 5.74) is 1.54. The number of hydrogen-bond donors (Lipinski definition) is 0. The third-order valence-corrected chi connectivity index (χ3v) is 3.50. The number of pyridine rings is 1. The van der Waals surface area contributed by atoms with Gasteiger partial charge in [0.15, 0.2) is 5.78 Å². The van der Waals surface area contributed by atoms with Crippen LogP contribution in [0.25, 0.3) is 10.8 Å². The van der Waals surface area contributed by atoms with Gasteiger partial charge in [0, 0.05) is 12.6 Å². The summed E-state index contributed by atoms with van der Waals surface area (Å²) < 4.78 is 5.16. The monoisotopic (exact) mass is 277 g/mol. The summed E-state index contributed by atoms with van der Waals surface area (Å²) >= 11 is 0. The van der Waals surface area contributed by atoms with Gasteiger partial charge in [-0.2, -0.15) is 0 Å². The Balaban J connectivity index is 1.97. The predicted molar refractivity (Wildman–Crippen MR) is 82.8 cm³/mol. The number of ketones is 1. The van der Waals surface area contributed by atoms with E-state index in [1.54, 1.807) is 18.3 Å². The normalized spacial score (nSPS) is 10.5. The number of hydrogen-bond acceptors (Lipinski definition) is 3. The molecule has 0 unspecified atom stereocenters. The van der Waals surface area contributed by atoms with Crippen molar-refractivity contribution in [1.29, 1.82) is 0 Å². The minimum atomic E-state index is 0.0105. The van der Waals surface area contributed by atoms with Gasteiger partial charge in [0.25, 0.3) is 0 Å². The maximum atomic E-state index is 12.5. The smallest absolute Gasteiger partial charge is 0.224 e. The molecule has 0 fully saturated rings. The number of carbonyl (C=O) groups is 1. The Kier molecular flexibility index (Phi) is 3.65. The number of fused-ring (bicyclic) bond motifs is 1. The molecule has 0 amide bonds. The van der Waals surface area contributed by atoms with Crippen LogP contribution >= 0.6 is 0 Å². The first-order valence-electron chi connectivity index (χ1n) is 6.78. The molecule has 3 nitrogen and oxygen atoms in total. The van der Waals surface area contributed by atoms with Gasteiger partial charge in [-0.1, -0.05) is 42.5 Å². The van der Waals surface area contributed by atoms with Gasteiger partial charge in [-0.15, -0.1) is 0 Å². The first-order valence-corrected chi connectivity index (χ1v) is 6.78. The van der Waals surface area contributed by atoms with Crippen LogP contribution in [-0.2, 0) is 6.42 Å². The van der Waals surface area contributed by atoms with E-state index in [4.69, 9.17) is 4.74 Å². The zero-order valence-corrected chi connectivity index (χ0v) is 11.7. The molecule has 0 atom stereocenters. The van der Waals surface area contributed by atoms with Crippen LogP contribution in [-0.4, -0.2) is 17.9 Å². The second-order valence-electron chi connectivity index (χ2n) is 4.80. The fraction of sp³-hybridized carbons (Fsp3) is 0.111. The lowest BCUT2D eigenvalue weighted by molar-refractivity contribution is 0.0989. The van der Waals surface area contributed by atoms with E-state index in [1.165, 1.54) is 7.11 Å². The fourth-order valence-corrected chi connectivity index (χ4v) is 2.48. The molecule has 0 saturated heterocycles. The fourth-order valence-electron chi connectivity index (χ4n) is 2.48. The van der Waals surface area contributed by atoms with Gasteiger partial charge < -0.3 is 4.74 Å². The molecule has 21 heavy (non-hydrogen) atoms. The molecule has 1 heterocycles.